The maximum absolute atomic E-state index is 8.41. The largest absolute Gasteiger partial charge is 2.00 e. The summed E-state index contributed by atoms with van der Waals surface area (Å²) in [5, 5.41) is 0. The molecule has 0 radical (unpaired) electrons. The summed E-state index contributed by atoms with van der Waals surface area (Å²) in [6.45, 7) is 0. The molecule has 0 aliphatic carbocycles. The summed E-state index contributed by atoms with van der Waals surface area (Å²) >= 11 is 0. The minimum absolute atomic E-state index is 0. The van der Waals surface area contributed by atoms with Crippen molar-refractivity contribution >= 4 is 0 Å². The maximum Gasteiger partial charge on any atom is 2.00 e. The average molecular weight is 362 g/mol. The quantitative estimate of drug-likeness (QED) is 0.420. The molecule has 0 rings (SSSR count). The van der Waals surface area contributed by atoms with E-state index in [2.05, 4.69) is 0 Å². The van der Waals surface area contributed by atoms with E-state index in [9.17, 15) is 0 Å². The molecule has 60 valence electrons. The Balaban J connectivity index is -0.0000000720. The first-order chi connectivity index (χ1) is 3.46. The minimum atomic E-state index is -2.85. The van der Waals surface area contributed by atoms with E-state index in [4.69, 9.17) is 28.0 Å². The number of halogens is 2. The second kappa shape index (κ2) is 11.8. The van der Waals surface area contributed by atoms with E-state index in [1.54, 1.807) is 0 Å². The third kappa shape index (κ3) is 422. The molecule has 0 aromatic rings. The van der Waals surface area contributed by atoms with Crippen LogP contribution in [0.25, 0.3) is 0 Å². The molecule has 0 amide bonds. The molecular weight excluding hydrogens is 362 g/mol. The van der Waals surface area contributed by atoms with Gasteiger partial charge in [-0.25, -0.2) is 0 Å². The SMILES string of the molecule is [O-][Cl+2]([O-])[O-].[O-][Cl+2]([O-])[O-].[Pt+2]. The van der Waals surface area contributed by atoms with E-state index in [0.29, 0.717) is 0 Å². The van der Waals surface area contributed by atoms with Gasteiger partial charge in [0.2, 0.25) is 0 Å². The normalized spacial score (nSPS) is 8.00. The maximum atomic E-state index is 8.41. The predicted octanol–water partition coefficient (Wildman–Crippen LogP) is -7.14. The molecule has 0 bridgehead atoms. The Morgan fingerprint density at radius 3 is 0.556 bits per heavy atom. The van der Waals surface area contributed by atoms with Crippen LogP contribution >= 0.6 is 0 Å². The van der Waals surface area contributed by atoms with E-state index < -0.39 is 21.6 Å². The second-order valence-electron chi connectivity index (χ2n) is 0.378. The Bertz CT molecular complexity index is 26.5. The fourth-order valence-corrected chi connectivity index (χ4v) is 0. The van der Waals surface area contributed by atoms with Gasteiger partial charge in [-0.05, 0) is 0 Å². The minimum Gasteiger partial charge on any atom is -0.357 e. The molecule has 9 heavy (non-hydrogen) atoms. The van der Waals surface area contributed by atoms with Gasteiger partial charge in [0.25, 0.3) is 0 Å². The van der Waals surface area contributed by atoms with Crippen LogP contribution in [0.1, 0.15) is 0 Å². The summed E-state index contributed by atoms with van der Waals surface area (Å²) < 4.78 is 50.4. The first-order valence-electron chi connectivity index (χ1n) is 0.926. The zero-order chi connectivity index (χ0) is 7.15. The number of hydrogen-bond donors (Lipinski definition) is 0. The molecule has 0 saturated heterocycles. The van der Waals surface area contributed by atoms with Gasteiger partial charge < -0.3 is 28.0 Å². The number of hydrogen-bond acceptors (Lipinski definition) is 6. The molecule has 9 heteroatoms. The van der Waals surface area contributed by atoms with Gasteiger partial charge in [0, 0.05) is 0 Å². The van der Waals surface area contributed by atoms with Gasteiger partial charge in [0.1, 0.15) is 0 Å². The van der Waals surface area contributed by atoms with Crippen molar-refractivity contribution in [3.8, 4) is 0 Å². The van der Waals surface area contributed by atoms with Crippen molar-refractivity contribution < 1.29 is 70.6 Å². The van der Waals surface area contributed by atoms with E-state index in [0.717, 1.165) is 0 Å². The van der Waals surface area contributed by atoms with E-state index in [1.807, 2.05) is 0 Å². The monoisotopic (exact) mass is 361 g/mol. The van der Waals surface area contributed by atoms with Crippen LogP contribution in [0.15, 0.2) is 0 Å². The van der Waals surface area contributed by atoms with Gasteiger partial charge in [0.15, 0.2) is 0 Å². The molecule has 0 N–H and O–H groups in total. The second-order valence-corrected chi connectivity index (χ2v) is 1.13. The number of rotatable bonds is 0. The fourth-order valence-electron chi connectivity index (χ4n) is 0. The topological polar surface area (TPSA) is 138 Å². The zero-order valence-electron chi connectivity index (χ0n) is 3.52. The first kappa shape index (κ1) is 16.5. The summed E-state index contributed by atoms with van der Waals surface area (Å²) in [5.41, 5.74) is 0. The van der Waals surface area contributed by atoms with Gasteiger partial charge in [0.05, 0.1) is 21.6 Å². The van der Waals surface area contributed by atoms with Crippen LogP contribution < -0.4 is 28.0 Å². The molecule has 0 heterocycles. The smallest absolute Gasteiger partial charge is 0.357 e. The van der Waals surface area contributed by atoms with Crippen LogP contribution in [0.3, 0.4) is 0 Å². The van der Waals surface area contributed by atoms with Crippen LogP contribution in [0, 0.1) is 21.6 Å². The Labute approximate surface area is 70.8 Å². The molecule has 0 unspecified atom stereocenters. The van der Waals surface area contributed by atoms with Crippen molar-refractivity contribution in [2.24, 2.45) is 0 Å². The standard InChI is InChI=1S/2ClO3.Pt/c2*2-1(3)4;/q2*-1;+2. The van der Waals surface area contributed by atoms with Gasteiger partial charge in [-0.2, -0.15) is 0 Å². The van der Waals surface area contributed by atoms with Crippen molar-refractivity contribution in [1.29, 1.82) is 0 Å². The molecule has 0 aliphatic heterocycles. The Morgan fingerprint density at radius 1 is 0.556 bits per heavy atom. The molecule has 0 spiro atoms. The summed E-state index contributed by atoms with van der Waals surface area (Å²) in [5.74, 6) is 0. The van der Waals surface area contributed by atoms with Gasteiger partial charge in [-0.15, -0.1) is 0 Å². The van der Waals surface area contributed by atoms with Crippen LogP contribution in [-0.4, -0.2) is 0 Å². The summed E-state index contributed by atoms with van der Waals surface area (Å²) in [7, 11) is -5.70. The van der Waals surface area contributed by atoms with Crippen LogP contribution in [0.2, 0.25) is 0 Å². The van der Waals surface area contributed by atoms with Gasteiger partial charge >= 0.3 is 21.1 Å². The van der Waals surface area contributed by atoms with Crippen molar-refractivity contribution in [3.05, 3.63) is 0 Å². The third-order valence-electron chi connectivity index (χ3n) is 0. The Morgan fingerprint density at radius 2 is 0.556 bits per heavy atom. The average Bonchev–Trinajstić information content (AvgIpc) is 1.25. The van der Waals surface area contributed by atoms with Crippen molar-refractivity contribution in [2.75, 3.05) is 0 Å². The molecule has 0 aliphatic rings. The van der Waals surface area contributed by atoms with Gasteiger partial charge in [-0.1, -0.05) is 0 Å². The van der Waals surface area contributed by atoms with E-state index in [-0.39, 0.29) is 21.1 Å². The van der Waals surface area contributed by atoms with Gasteiger partial charge in [-0.3, -0.25) is 0 Å². The summed E-state index contributed by atoms with van der Waals surface area (Å²) in [6.07, 6.45) is 0. The third-order valence-corrected chi connectivity index (χ3v) is 0. The van der Waals surface area contributed by atoms with Crippen molar-refractivity contribution in [2.45, 2.75) is 0 Å². The first-order valence-corrected chi connectivity index (χ1v) is 2.78. The van der Waals surface area contributed by atoms with Crippen molar-refractivity contribution in [3.63, 3.8) is 0 Å². The zero-order valence-corrected chi connectivity index (χ0v) is 7.31. The van der Waals surface area contributed by atoms with Crippen LogP contribution in [0.5, 0.6) is 0 Å². The Kier molecular flexibility index (Phi) is 21.7. The molecule has 0 aromatic carbocycles. The molecule has 0 atom stereocenters. The predicted molar refractivity (Wildman–Crippen MR) is 0 cm³/mol. The molecule has 0 saturated carbocycles. The molecule has 0 fully saturated rings. The molecular formula is Cl2O6Pt. The summed E-state index contributed by atoms with van der Waals surface area (Å²) in [6, 6.07) is 0. The Hall–Kier alpha value is 1.03. The fraction of sp³-hybridized carbons (Fsp3) is 0. The molecule has 0 aromatic heterocycles. The van der Waals surface area contributed by atoms with Crippen LogP contribution in [-0.2, 0) is 21.1 Å². The molecule has 6 nitrogen and oxygen atoms in total. The van der Waals surface area contributed by atoms with E-state index >= 15 is 0 Å². The van der Waals surface area contributed by atoms with E-state index in [1.165, 1.54) is 0 Å². The van der Waals surface area contributed by atoms with Crippen molar-refractivity contribution in [1.82, 2.24) is 0 Å². The van der Waals surface area contributed by atoms with Crippen LogP contribution in [0.4, 0.5) is 0 Å². The summed E-state index contributed by atoms with van der Waals surface area (Å²) in [4.78, 5) is 0.